The zero-order valence-electron chi connectivity index (χ0n) is 12.0. The lowest BCUT2D eigenvalue weighted by Gasteiger charge is -2.42. The molecule has 0 spiro atoms. The molecule has 0 aromatic heterocycles. The average molecular weight is 246 g/mol. The molecular weight excluding hydrogens is 220 g/mol. The van der Waals surface area contributed by atoms with Gasteiger partial charge in [-0.1, -0.05) is 24.1 Å². The zero-order valence-corrected chi connectivity index (χ0v) is 12.0. The van der Waals surface area contributed by atoms with Crippen molar-refractivity contribution in [3.63, 3.8) is 0 Å². The number of nitrogens with zero attached hydrogens (tertiary/aromatic N) is 1. The molecule has 0 aliphatic heterocycles. The van der Waals surface area contributed by atoms with E-state index < -0.39 is 0 Å². The van der Waals surface area contributed by atoms with Crippen LogP contribution in [0.4, 0.5) is 5.69 Å². The van der Waals surface area contributed by atoms with Crippen molar-refractivity contribution in [1.29, 1.82) is 0 Å². The SMILES string of the molecule is Cc1ccc(N(C)CCC2(CN)CCC2)c(C)c1. The van der Waals surface area contributed by atoms with E-state index in [0.717, 1.165) is 13.1 Å². The van der Waals surface area contributed by atoms with Crippen molar-refractivity contribution in [1.82, 2.24) is 0 Å². The fourth-order valence-corrected chi connectivity index (χ4v) is 2.99. The largest absolute Gasteiger partial charge is 0.374 e. The van der Waals surface area contributed by atoms with E-state index in [-0.39, 0.29) is 0 Å². The van der Waals surface area contributed by atoms with Gasteiger partial charge in [0.15, 0.2) is 0 Å². The number of benzene rings is 1. The van der Waals surface area contributed by atoms with E-state index in [1.54, 1.807) is 0 Å². The Labute approximate surface area is 111 Å². The lowest BCUT2D eigenvalue weighted by Crippen LogP contribution is -2.40. The fraction of sp³-hybridized carbons (Fsp3) is 0.625. The van der Waals surface area contributed by atoms with E-state index in [2.05, 4.69) is 44.0 Å². The second-order valence-corrected chi connectivity index (χ2v) is 6.02. The van der Waals surface area contributed by atoms with Crippen molar-refractivity contribution >= 4 is 5.69 Å². The van der Waals surface area contributed by atoms with Crippen LogP contribution in [0.5, 0.6) is 0 Å². The quantitative estimate of drug-likeness (QED) is 0.864. The third-order valence-corrected chi connectivity index (χ3v) is 4.59. The van der Waals surface area contributed by atoms with Crippen molar-refractivity contribution in [2.45, 2.75) is 39.5 Å². The first-order valence-corrected chi connectivity index (χ1v) is 7.05. The second-order valence-electron chi connectivity index (χ2n) is 6.02. The topological polar surface area (TPSA) is 29.3 Å². The van der Waals surface area contributed by atoms with Gasteiger partial charge in [0, 0.05) is 19.3 Å². The zero-order chi connectivity index (χ0) is 13.2. The molecule has 2 rings (SSSR count). The third-order valence-electron chi connectivity index (χ3n) is 4.59. The lowest BCUT2D eigenvalue weighted by molar-refractivity contribution is 0.134. The number of anilines is 1. The first kappa shape index (κ1) is 13.4. The molecule has 2 nitrogen and oxygen atoms in total. The molecule has 2 N–H and O–H groups in total. The summed E-state index contributed by atoms with van der Waals surface area (Å²) in [4.78, 5) is 2.38. The highest BCUT2D eigenvalue weighted by Crippen LogP contribution is 2.43. The van der Waals surface area contributed by atoms with Gasteiger partial charge in [-0.25, -0.2) is 0 Å². The maximum absolute atomic E-state index is 5.92. The number of aryl methyl sites for hydroxylation is 2. The maximum Gasteiger partial charge on any atom is 0.0393 e. The smallest absolute Gasteiger partial charge is 0.0393 e. The van der Waals surface area contributed by atoms with Crippen molar-refractivity contribution < 1.29 is 0 Å². The fourth-order valence-electron chi connectivity index (χ4n) is 2.99. The molecule has 0 unspecified atom stereocenters. The van der Waals surface area contributed by atoms with Crippen LogP contribution >= 0.6 is 0 Å². The monoisotopic (exact) mass is 246 g/mol. The van der Waals surface area contributed by atoms with E-state index in [0.29, 0.717) is 5.41 Å². The molecule has 0 saturated heterocycles. The van der Waals surface area contributed by atoms with Gasteiger partial charge in [-0.15, -0.1) is 0 Å². The predicted molar refractivity (Wildman–Crippen MR) is 79.1 cm³/mol. The van der Waals surface area contributed by atoms with E-state index >= 15 is 0 Å². The molecule has 1 saturated carbocycles. The van der Waals surface area contributed by atoms with Gasteiger partial charge in [0.25, 0.3) is 0 Å². The van der Waals surface area contributed by atoms with Crippen LogP contribution in [-0.4, -0.2) is 20.1 Å². The molecule has 1 aromatic rings. The molecule has 1 aliphatic rings. The molecule has 0 bridgehead atoms. The minimum Gasteiger partial charge on any atom is -0.374 e. The lowest BCUT2D eigenvalue weighted by atomic mass is 9.66. The van der Waals surface area contributed by atoms with Gasteiger partial charge in [-0.3, -0.25) is 0 Å². The number of rotatable bonds is 5. The summed E-state index contributed by atoms with van der Waals surface area (Å²) in [6, 6.07) is 6.69. The molecule has 100 valence electrons. The summed E-state index contributed by atoms with van der Waals surface area (Å²) in [5.74, 6) is 0. The van der Waals surface area contributed by atoms with E-state index in [1.165, 1.54) is 42.5 Å². The minimum atomic E-state index is 0.451. The van der Waals surface area contributed by atoms with Gasteiger partial charge in [-0.05, 0) is 56.7 Å². The molecule has 0 radical (unpaired) electrons. The molecule has 0 atom stereocenters. The molecule has 1 aliphatic carbocycles. The minimum absolute atomic E-state index is 0.451. The Morgan fingerprint density at radius 2 is 2.00 bits per heavy atom. The molecule has 0 amide bonds. The Balaban J connectivity index is 1.97. The van der Waals surface area contributed by atoms with E-state index in [9.17, 15) is 0 Å². The number of hydrogen-bond donors (Lipinski definition) is 1. The van der Waals surface area contributed by atoms with Crippen LogP contribution < -0.4 is 10.6 Å². The van der Waals surface area contributed by atoms with Crippen LogP contribution in [0.2, 0.25) is 0 Å². The summed E-state index contributed by atoms with van der Waals surface area (Å²) in [6.07, 6.45) is 5.24. The van der Waals surface area contributed by atoms with Gasteiger partial charge >= 0.3 is 0 Å². The summed E-state index contributed by atoms with van der Waals surface area (Å²) in [5.41, 5.74) is 10.4. The molecular formula is C16H26N2. The average Bonchev–Trinajstić information content (AvgIpc) is 2.27. The summed E-state index contributed by atoms with van der Waals surface area (Å²) in [5, 5.41) is 0. The Bertz CT molecular complexity index is 402. The van der Waals surface area contributed by atoms with Crippen LogP contribution in [0.25, 0.3) is 0 Å². The van der Waals surface area contributed by atoms with E-state index in [1.807, 2.05) is 0 Å². The summed E-state index contributed by atoms with van der Waals surface area (Å²) in [7, 11) is 2.19. The Morgan fingerprint density at radius 1 is 1.28 bits per heavy atom. The first-order chi connectivity index (χ1) is 8.56. The van der Waals surface area contributed by atoms with Gasteiger partial charge in [0.2, 0.25) is 0 Å². The second kappa shape index (κ2) is 5.31. The van der Waals surface area contributed by atoms with Crippen molar-refractivity contribution in [2.24, 2.45) is 11.1 Å². The van der Waals surface area contributed by atoms with Crippen molar-refractivity contribution in [2.75, 3.05) is 25.0 Å². The number of nitrogens with two attached hydrogens (primary N) is 1. The van der Waals surface area contributed by atoms with Crippen molar-refractivity contribution in [3.8, 4) is 0 Å². The normalized spacial score (nSPS) is 17.3. The Hall–Kier alpha value is -1.02. The highest BCUT2D eigenvalue weighted by Gasteiger charge is 2.35. The van der Waals surface area contributed by atoms with Gasteiger partial charge < -0.3 is 10.6 Å². The van der Waals surface area contributed by atoms with Crippen LogP contribution in [0.1, 0.15) is 36.8 Å². The van der Waals surface area contributed by atoms with Gasteiger partial charge in [0.05, 0.1) is 0 Å². The summed E-state index contributed by atoms with van der Waals surface area (Å²) < 4.78 is 0. The molecule has 0 heterocycles. The van der Waals surface area contributed by atoms with Crippen LogP contribution in [0.15, 0.2) is 18.2 Å². The Morgan fingerprint density at radius 3 is 2.50 bits per heavy atom. The first-order valence-electron chi connectivity index (χ1n) is 7.05. The third kappa shape index (κ3) is 2.69. The van der Waals surface area contributed by atoms with Crippen molar-refractivity contribution in [3.05, 3.63) is 29.3 Å². The van der Waals surface area contributed by atoms with Gasteiger partial charge in [-0.2, -0.15) is 0 Å². The summed E-state index contributed by atoms with van der Waals surface area (Å²) in [6.45, 7) is 6.31. The predicted octanol–water partition coefficient (Wildman–Crippen LogP) is 3.26. The molecule has 1 aromatic carbocycles. The molecule has 2 heteroatoms. The van der Waals surface area contributed by atoms with E-state index in [4.69, 9.17) is 5.73 Å². The molecule has 1 fully saturated rings. The number of hydrogen-bond acceptors (Lipinski definition) is 2. The highest BCUT2D eigenvalue weighted by molar-refractivity contribution is 5.53. The molecule has 18 heavy (non-hydrogen) atoms. The standard InChI is InChI=1S/C16H26N2/c1-13-5-6-15(14(2)11-13)18(3)10-9-16(12-17)7-4-8-16/h5-6,11H,4,7-10,12,17H2,1-3H3. The van der Waals surface area contributed by atoms with Gasteiger partial charge in [0.1, 0.15) is 0 Å². The summed E-state index contributed by atoms with van der Waals surface area (Å²) >= 11 is 0. The van der Waals surface area contributed by atoms with Crippen LogP contribution in [-0.2, 0) is 0 Å². The Kier molecular flexibility index (Phi) is 3.96. The highest BCUT2D eigenvalue weighted by atomic mass is 15.1. The van der Waals surface area contributed by atoms with Crippen LogP contribution in [0, 0.1) is 19.3 Å². The maximum atomic E-state index is 5.92. The van der Waals surface area contributed by atoms with Crippen LogP contribution in [0.3, 0.4) is 0 Å².